The van der Waals surface area contributed by atoms with Crippen LogP contribution in [0.25, 0.3) is 0 Å². The molecule has 21 heavy (non-hydrogen) atoms. The van der Waals surface area contributed by atoms with E-state index in [1.165, 1.54) is 22.9 Å². The number of benzene rings is 1. The van der Waals surface area contributed by atoms with Gasteiger partial charge in [0.15, 0.2) is 0 Å². The van der Waals surface area contributed by atoms with E-state index in [0.29, 0.717) is 24.6 Å². The first-order valence-electron chi connectivity index (χ1n) is 6.63. The molecule has 6 heteroatoms. The van der Waals surface area contributed by atoms with Crippen LogP contribution in [0.1, 0.15) is 0 Å². The van der Waals surface area contributed by atoms with Crippen LogP contribution in [-0.2, 0) is 11.3 Å². The Labute approximate surface area is 121 Å². The van der Waals surface area contributed by atoms with Crippen LogP contribution in [0.15, 0.2) is 47.4 Å². The number of amides is 1. The number of nitrogen functional groups attached to an aromatic ring is 1. The predicted molar refractivity (Wildman–Crippen MR) is 79.4 cm³/mol. The van der Waals surface area contributed by atoms with Crippen molar-refractivity contribution < 1.29 is 9.53 Å². The molecule has 6 nitrogen and oxygen atoms in total. The van der Waals surface area contributed by atoms with Crippen molar-refractivity contribution in [1.82, 2.24) is 4.57 Å². The second kappa shape index (κ2) is 5.32. The molecule has 0 bridgehead atoms. The highest BCUT2D eigenvalue weighted by atomic mass is 16.5. The summed E-state index contributed by atoms with van der Waals surface area (Å²) >= 11 is 0. The highest BCUT2D eigenvalue weighted by molar-refractivity contribution is 5.95. The number of carbonyl (C=O) groups excluding carboxylic acids is 1. The zero-order valence-corrected chi connectivity index (χ0v) is 11.4. The van der Waals surface area contributed by atoms with Crippen LogP contribution in [0.5, 0.6) is 5.75 Å². The fraction of sp³-hybridized carbons (Fsp3) is 0.200. The normalized spacial score (nSPS) is 13.4. The van der Waals surface area contributed by atoms with Crippen molar-refractivity contribution in [2.24, 2.45) is 0 Å². The van der Waals surface area contributed by atoms with Gasteiger partial charge in [-0.3, -0.25) is 9.59 Å². The maximum atomic E-state index is 12.5. The third-order valence-electron chi connectivity index (χ3n) is 3.34. The SMILES string of the molecule is Nc1ccc(=O)n(CC(=O)N2CCOc3ccccc32)c1. The third kappa shape index (κ3) is 2.60. The summed E-state index contributed by atoms with van der Waals surface area (Å²) in [7, 11) is 0. The van der Waals surface area contributed by atoms with Crippen LogP contribution in [0.3, 0.4) is 0 Å². The van der Waals surface area contributed by atoms with E-state index in [1.807, 2.05) is 24.3 Å². The fourth-order valence-corrected chi connectivity index (χ4v) is 2.33. The van der Waals surface area contributed by atoms with Gasteiger partial charge in [-0.1, -0.05) is 12.1 Å². The Kier molecular flexibility index (Phi) is 3.35. The Balaban J connectivity index is 1.87. The number of para-hydroxylation sites is 2. The van der Waals surface area contributed by atoms with E-state index in [0.717, 1.165) is 5.69 Å². The van der Waals surface area contributed by atoms with Crippen molar-refractivity contribution in [3.8, 4) is 5.75 Å². The minimum Gasteiger partial charge on any atom is -0.490 e. The van der Waals surface area contributed by atoms with Gasteiger partial charge in [-0.2, -0.15) is 0 Å². The molecule has 0 saturated carbocycles. The zero-order chi connectivity index (χ0) is 14.8. The highest BCUT2D eigenvalue weighted by Gasteiger charge is 2.23. The van der Waals surface area contributed by atoms with Crippen molar-refractivity contribution in [3.05, 3.63) is 52.9 Å². The molecule has 3 rings (SSSR count). The molecule has 0 atom stereocenters. The summed E-state index contributed by atoms with van der Waals surface area (Å²) in [5, 5.41) is 0. The fourth-order valence-electron chi connectivity index (χ4n) is 2.33. The minimum atomic E-state index is -0.251. The molecule has 0 unspecified atom stereocenters. The standard InChI is InChI=1S/C15H15N3O3/c16-11-5-6-14(19)17(9-11)10-15(20)18-7-8-21-13-4-2-1-3-12(13)18/h1-6,9H,7-8,10,16H2. The van der Waals surface area contributed by atoms with Crippen molar-refractivity contribution >= 4 is 17.3 Å². The molecule has 1 aliphatic heterocycles. The summed E-state index contributed by atoms with van der Waals surface area (Å²) in [6.07, 6.45) is 1.48. The lowest BCUT2D eigenvalue weighted by atomic mass is 10.2. The van der Waals surface area contributed by atoms with Gasteiger partial charge in [-0.25, -0.2) is 0 Å². The van der Waals surface area contributed by atoms with Crippen molar-refractivity contribution in [1.29, 1.82) is 0 Å². The van der Waals surface area contributed by atoms with Gasteiger partial charge in [0.05, 0.1) is 12.2 Å². The Morgan fingerprint density at radius 1 is 1.24 bits per heavy atom. The van der Waals surface area contributed by atoms with Gasteiger partial charge in [0.1, 0.15) is 18.9 Å². The molecule has 2 aromatic rings. The number of pyridine rings is 1. The first-order valence-corrected chi connectivity index (χ1v) is 6.63. The van der Waals surface area contributed by atoms with Crippen LogP contribution in [-0.4, -0.2) is 23.6 Å². The van der Waals surface area contributed by atoms with Gasteiger partial charge >= 0.3 is 0 Å². The molecule has 2 N–H and O–H groups in total. The van der Waals surface area contributed by atoms with Crippen LogP contribution in [0, 0.1) is 0 Å². The smallest absolute Gasteiger partial charge is 0.251 e. The summed E-state index contributed by atoms with van der Waals surface area (Å²) in [6, 6.07) is 10.2. The quantitative estimate of drug-likeness (QED) is 0.887. The van der Waals surface area contributed by atoms with E-state index < -0.39 is 0 Å². The maximum absolute atomic E-state index is 12.5. The minimum absolute atomic E-state index is 0.0434. The van der Waals surface area contributed by atoms with E-state index in [9.17, 15) is 9.59 Å². The molecular formula is C15H15N3O3. The number of hydrogen-bond donors (Lipinski definition) is 1. The summed E-state index contributed by atoms with van der Waals surface area (Å²) in [5.41, 5.74) is 6.58. The van der Waals surface area contributed by atoms with Crippen LogP contribution >= 0.6 is 0 Å². The van der Waals surface area contributed by atoms with Gasteiger partial charge < -0.3 is 19.9 Å². The molecule has 1 aromatic heterocycles. The molecule has 0 aliphatic carbocycles. The first-order chi connectivity index (χ1) is 10.1. The van der Waals surface area contributed by atoms with E-state index in [-0.39, 0.29) is 18.0 Å². The number of nitrogens with zero attached hydrogens (tertiary/aromatic N) is 2. The molecule has 0 fully saturated rings. The molecule has 108 valence electrons. The van der Waals surface area contributed by atoms with E-state index in [4.69, 9.17) is 10.5 Å². The average molecular weight is 285 g/mol. The molecule has 1 amide bonds. The maximum Gasteiger partial charge on any atom is 0.251 e. The van der Waals surface area contributed by atoms with Crippen LogP contribution in [0.4, 0.5) is 11.4 Å². The predicted octanol–water partition coefficient (Wildman–Crippen LogP) is 0.856. The summed E-state index contributed by atoms with van der Waals surface area (Å²) in [6.45, 7) is 0.861. The van der Waals surface area contributed by atoms with Crippen LogP contribution < -0.4 is 20.9 Å². The van der Waals surface area contributed by atoms with Gasteiger partial charge in [0.2, 0.25) is 5.91 Å². The van der Waals surface area contributed by atoms with Crippen LogP contribution in [0.2, 0.25) is 0 Å². The highest BCUT2D eigenvalue weighted by Crippen LogP contribution is 2.30. The Hall–Kier alpha value is -2.76. The van der Waals surface area contributed by atoms with Gasteiger partial charge in [0.25, 0.3) is 5.56 Å². The lowest BCUT2D eigenvalue weighted by Gasteiger charge is -2.29. The van der Waals surface area contributed by atoms with E-state index in [2.05, 4.69) is 0 Å². The Morgan fingerprint density at radius 2 is 2.05 bits per heavy atom. The van der Waals surface area contributed by atoms with Gasteiger partial charge in [-0.15, -0.1) is 0 Å². The van der Waals surface area contributed by atoms with Crippen molar-refractivity contribution in [3.63, 3.8) is 0 Å². The molecular weight excluding hydrogens is 270 g/mol. The Morgan fingerprint density at radius 3 is 2.90 bits per heavy atom. The van der Waals surface area contributed by atoms with E-state index >= 15 is 0 Å². The average Bonchev–Trinajstić information content (AvgIpc) is 2.50. The monoisotopic (exact) mass is 285 g/mol. The summed E-state index contributed by atoms with van der Waals surface area (Å²) in [5.74, 6) is 0.510. The summed E-state index contributed by atoms with van der Waals surface area (Å²) in [4.78, 5) is 25.8. The van der Waals surface area contributed by atoms with Gasteiger partial charge in [-0.05, 0) is 18.2 Å². The zero-order valence-electron chi connectivity index (χ0n) is 11.4. The molecule has 1 aliphatic rings. The number of nitrogens with two attached hydrogens (primary N) is 1. The molecule has 0 saturated heterocycles. The molecule has 1 aromatic carbocycles. The number of rotatable bonds is 2. The van der Waals surface area contributed by atoms with E-state index in [1.54, 1.807) is 4.90 Å². The number of aromatic nitrogens is 1. The van der Waals surface area contributed by atoms with Crippen molar-refractivity contribution in [2.75, 3.05) is 23.8 Å². The van der Waals surface area contributed by atoms with Crippen molar-refractivity contribution in [2.45, 2.75) is 6.54 Å². The second-order valence-corrected chi connectivity index (χ2v) is 4.79. The number of fused-ring (bicyclic) bond motifs is 1. The number of ether oxygens (including phenoxy) is 1. The third-order valence-corrected chi connectivity index (χ3v) is 3.34. The number of anilines is 2. The number of carbonyl (C=O) groups is 1. The largest absolute Gasteiger partial charge is 0.490 e. The molecule has 2 heterocycles. The molecule has 0 radical (unpaired) electrons. The number of hydrogen-bond acceptors (Lipinski definition) is 4. The lowest BCUT2D eigenvalue weighted by molar-refractivity contribution is -0.119. The Bertz CT molecular complexity index is 739. The first kappa shape index (κ1) is 13.2. The topological polar surface area (TPSA) is 77.6 Å². The lowest BCUT2D eigenvalue weighted by Crippen LogP contribution is -2.41. The van der Waals surface area contributed by atoms with Gasteiger partial charge in [0, 0.05) is 18.0 Å². The second-order valence-electron chi connectivity index (χ2n) is 4.79. The summed E-state index contributed by atoms with van der Waals surface area (Å²) < 4.78 is 6.83. The molecule has 0 spiro atoms.